The topological polar surface area (TPSA) is 83.8 Å². The number of aldehydes is 1. The van der Waals surface area contributed by atoms with Crippen LogP contribution in [0.2, 0.25) is 0 Å². The number of ether oxygens (including phenoxy) is 1. The Morgan fingerprint density at radius 3 is 2.32 bits per heavy atom. The van der Waals surface area contributed by atoms with Gasteiger partial charge in [0.1, 0.15) is 12.0 Å². The van der Waals surface area contributed by atoms with Gasteiger partial charge in [0, 0.05) is 17.5 Å². The van der Waals surface area contributed by atoms with E-state index in [9.17, 15) is 9.90 Å². The van der Waals surface area contributed by atoms with Gasteiger partial charge in [-0.15, -0.1) is 0 Å². The Bertz CT molecular complexity index is 653. The van der Waals surface area contributed by atoms with E-state index in [2.05, 4.69) is 0 Å². The molecular formula is C17H16O5. The van der Waals surface area contributed by atoms with E-state index in [-0.39, 0.29) is 18.8 Å². The van der Waals surface area contributed by atoms with Crippen molar-refractivity contribution in [2.24, 2.45) is 0 Å². The quantitative estimate of drug-likeness (QED) is 0.815. The standard InChI is InChI=1S/C15H12O3.C2H4O2/c16-14-10-11-6-4-5-9-13(11)18-15(14,17)12-7-2-1-3-8-12;3-1-2-4/h1-9,17H,10H2;1,4H,2H2. The highest BCUT2D eigenvalue weighted by molar-refractivity contribution is 5.91. The number of ketones is 1. The maximum atomic E-state index is 12.1. The van der Waals surface area contributed by atoms with Crippen LogP contribution in [-0.4, -0.2) is 28.9 Å². The van der Waals surface area contributed by atoms with Crippen molar-refractivity contribution in [3.05, 3.63) is 65.7 Å². The molecule has 1 aliphatic rings. The molecule has 1 atom stereocenters. The molecule has 0 radical (unpaired) electrons. The van der Waals surface area contributed by atoms with Crippen LogP contribution in [0.15, 0.2) is 54.6 Å². The van der Waals surface area contributed by atoms with Gasteiger partial charge >= 0.3 is 0 Å². The summed E-state index contributed by atoms with van der Waals surface area (Å²) in [6.07, 6.45) is 0.613. The van der Waals surface area contributed by atoms with Crippen LogP contribution in [0.1, 0.15) is 11.1 Å². The molecule has 5 heteroatoms. The van der Waals surface area contributed by atoms with Crippen LogP contribution < -0.4 is 4.74 Å². The average molecular weight is 300 g/mol. The van der Waals surface area contributed by atoms with E-state index in [1.54, 1.807) is 30.3 Å². The third-order valence-electron chi connectivity index (χ3n) is 3.20. The summed E-state index contributed by atoms with van der Waals surface area (Å²) in [5, 5.41) is 18.0. The molecule has 0 spiro atoms. The van der Waals surface area contributed by atoms with Crippen LogP contribution in [-0.2, 0) is 21.8 Å². The summed E-state index contributed by atoms with van der Waals surface area (Å²) in [4.78, 5) is 21.0. The molecule has 2 N–H and O–H groups in total. The second kappa shape index (κ2) is 6.98. The van der Waals surface area contributed by atoms with Crippen molar-refractivity contribution in [2.45, 2.75) is 12.2 Å². The van der Waals surface area contributed by atoms with E-state index in [0.29, 0.717) is 17.6 Å². The van der Waals surface area contributed by atoms with Crippen molar-refractivity contribution in [1.82, 2.24) is 0 Å². The molecule has 0 amide bonds. The lowest BCUT2D eigenvalue weighted by atomic mass is 9.93. The number of carbonyl (C=O) groups is 2. The molecule has 0 aliphatic carbocycles. The van der Waals surface area contributed by atoms with Crippen molar-refractivity contribution in [3.63, 3.8) is 0 Å². The summed E-state index contributed by atoms with van der Waals surface area (Å²) >= 11 is 0. The average Bonchev–Trinajstić information content (AvgIpc) is 2.57. The summed E-state index contributed by atoms with van der Waals surface area (Å²) in [5.74, 6) is -1.65. The van der Waals surface area contributed by atoms with Gasteiger partial charge in [0.15, 0.2) is 0 Å². The molecule has 0 fully saturated rings. The fourth-order valence-corrected chi connectivity index (χ4v) is 2.14. The summed E-state index contributed by atoms with van der Waals surface area (Å²) < 4.78 is 5.52. The van der Waals surface area contributed by atoms with Crippen LogP contribution in [0.25, 0.3) is 0 Å². The first-order valence-corrected chi connectivity index (χ1v) is 6.74. The number of benzene rings is 2. The number of rotatable bonds is 2. The Labute approximate surface area is 127 Å². The van der Waals surface area contributed by atoms with E-state index < -0.39 is 5.79 Å². The molecule has 1 aliphatic heterocycles. The first-order chi connectivity index (χ1) is 10.6. The van der Waals surface area contributed by atoms with Gasteiger partial charge in [-0.05, 0) is 6.07 Å². The van der Waals surface area contributed by atoms with E-state index in [1.165, 1.54) is 0 Å². The highest BCUT2D eigenvalue weighted by Crippen LogP contribution is 2.35. The Morgan fingerprint density at radius 2 is 1.68 bits per heavy atom. The number of aliphatic hydroxyl groups is 2. The number of fused-ring (bicyclic) bond motifs is 1. The zero-order valence-corrected chi connectivity index (χ0v) is 11.8. The van der Waals surface area contributed by atoms with Crippen molar-refractivity contribution >= 4 is 12.1 Å². The van der Waals surface area contributed by atoms with Crippen molar-refractivity contribution in [1.29, 1.82) is 0 Å². The SMILES string of the molecule is O=C1Cc2ccccc2OC1(O)c1ccccc1.O=CCO. The zero-order valence-electron chi connectivity index (χ0n) is 11.8. The van der Waals surface area contributed by atoms with Gasteiger partial charge < -0.3 is 19.7 Å². The number of hydrogen-bond acceptors (Lipinski definition) is 5. The van der Waals surface area contributed by atoms with E-state index in [0.717, 1.165) is 5.56 Å². The maximum absolute atomic E-state index is 12.1. The van der Waals surface area contributed by atoms with Crippen LogP contribution in [0.4, 0.5) is 0 Å². The molecule has 22 heavy (non-hydrogen) atoms. The lowest BCUT2D eigenvalue weighted by Crippen LogP contribution is -2.45. The fourth-order valence-electron chi connectivity index (χ4n) is 2.14. The molecule has 5 nitrogen and oxygen atoms in total. The molecule has 0 aromatic heterocycles. The predicted octanol–water partition coefficient (Wildman–Crippen LogP) is 1.21. The third-order valence-corrected chi connectivity index (χ3v) is 3.20. The second-order valence-corrected chi connectivity index (χ2v) is 4.67. The van der Waals surface area contributed by atoms with Crippen molar-refractivity contribution in [3.8, 4) is 5.75 Å². The largest absolute Gasteiger partial charge is 0.451 e. The van der Waals surface area contributed by atoms with Crippen LogP contribution in [0.3, 0.4) is 0 Å². The Morgan fingerprint density at radius 1 is 1.09 bits per heavy atom. The number of Topliss-reactive ketones (excluding diaryl/α,β-unsaturated/α-hetero) is 1. The normalized spacial score (nSPS) is 19.3. The first kappa shape index (κ1) is 15.9. The molecule has 1 heterocycles. The monoisotopic (exact) mass is 300 g/mol. The molecular weight excluding hydrogens is 284 g/mol. The van der Waals surface area contributed by atoms with Crippen LogP contribution in [0.5, 0.6) is 5.75 Å². The highest BCUT2D eigenvalue weighted by Gasteiger charge is 2.43. The number of para-hydroxylation sites is 1. The smallest absolute Gasteiger partial charge is 0.295 e. The van der Waals surface area contributed by atoms with Gasteiger partial charge in [0.25, 0.3) is 5.79 Å². The van der Waals surface area contributed by atoms with Gasteiger partial charge in [0.05, 0.1) is 6.61 Å². The predicted molar refractivity (Wildman–Crippen MR) is 79.3 cm³/mol. The van der Waals surface area contributed by atoms with E-state index >= 15 is 0 Å². The minimum atomic E-state index is -1.87. The first-order valence-electron chi connectivity index (χ1n) is 6.74. The molecule has 0 saturated carbocycles. The lowest BCUT2D eigenvalue weighted by Gasteiger charge is -2.32. The fraction of sp³-hybridized carbons (Fsp3) is 0.176. The molecule has 2 aromatic carbocycles. The Balaban J connectivity index is 0.000000396. The third kappa shape index (κ3) is 3.21. The van der Waals surface area contributed by atoms with Gasteiger partial charge in [0.2, 0.25) is 5.78 Å². The summed E-state index contributed by atoms with van der Waals surface area (Å²) in [5.41, 5.74) is 1.27. The number of aliphatic hydroxyl groups excluding tert-OH is 1. The number of hydrogen-bond donors (Lipinski definition) is 2. The minimum absolute atomic E-state index is 0.182. The number of carbonyl (C=O) groups excluding carboxylic acids is 2. The van der Waals surface area contributed by atoms with Gasteiger partial charge in [-0.25, -0.2) is 0 Å². The molecule has 0 saturated heterocycles. The van der Waals surface area contributed by atoms with Crippen molar-refractivity contribution < 1.29 is 24.5 Å². The van der Waals surface area contributed by atoms with Gasteiger partial charge in [-0.2, -0.15) is 0 Å². The summed E-state index contributed by atoms with van der Waals surface area (Å²) in [6.45, 7) is -0.361. The van der Waals surface area contributed by atoms with Crippen LogP contribution in [0, 0.1) is 0 Å². The van der Waals surface area contributed by atoms with Crippen LogP contribution >= 0.6 is 0 Å². The molecule has 114 valence electrons. The van der Waals surface area contributed by atoms with E-state index in [4.69, 9.17) is 14.6 Å². The Kier molecular flexibility index (Phi) is 5.04. The molecule has 2 aromatic rings. The second-order valence-electron chi connectivity index (χ2n) is 4.67. The molecule has 1 unspecified atom stereocenters. The maximum Gasteiger partial charge on any atom is 0.295 e. The summed E-state index contributed by atoms with van der Waals surface area (Å²) in [7, 11) is 0. The molecule has 0 bridgehead atoms. The van der Waals surface area contributed by atoms with Crippen molar-refractivity contribution in [2.75, 3.05) is 6.61 Å². The lowest BCUT2D eigenvalue weighted by molar-refractivity contribution is -0.179. The summed E-state index contributed by atoms with van der Waals surface area (Å²) in [6, 6.07) is 16.0. The van der Waals surface area contributed by atoms with Gasteiger partial charge in [-0.1, -0.05) is 48.5 Å². The molecule has 3 rings (SSSR count). The van der Waals surface area contributed by atoms with Gasteiger partial charge in [-0.3, -0.25) is 4.79 Å². The Hall–Kier alpha value is -2.50. The minimum Gasteiger partial charge on any atom is -0.451 e. The highest BCUT2D eigenvalue weighted by atomic mass is 16.6. The van der Waals surface area contributed by atoms with E-state index in [1.807, 2.05) is 24.3 Å². The zero-order chi connectivity index (χ0) is 16.0.